The van der Waals surface area contributed by atoms with Crippen molar-refractivity contribution >= 4 is 11.6 Å². The summed E-state index contributed by atoms with van der Waals surface area (Å²) >= 11 is 0. The number of hydrogen-bond acceptors (Lipinski definition) is 4. The molecule has 0 unspecified atom stereocenters. The minimum atomic E-state index is -4.29. The number of aromatic nitrogens is 1. The van der Waals surface area contributed by atoms with E-state index < -0.39 is 25.0 Å². The third-order valence-electron chi connectivity index (χ3n) is 1.92. The second-order valence-electron chi connectivity index (χ2n) is 3.19. The molecule has 0 bridgehead atoms. The van der Waals surface area contributed by atoms with Gasteiger partial charge < -0.3 is 10.7 Å². The largest absolute Gasteiger partial charge is 0.390 e. The molecule has 1 heterocycles. The van der Waals surface area contributed by atoms with Crippen LogP contribution in [0, 0.1) is 0 Å². The minimum Gasteiger partial charge on any atom is -0.352 e. The number of anilines is 1. The van der Waals surface area contributed by atoms with Gasteiger partial charge in [0.15, 0.2) is 0 Å². The van der Waals surface area contributed by atoms with Gasteiger partial charge in [-0.2, -0.15) is 13.2 Å². The standard InChI is InChI=1S/C9H11F3N4O/c10-9(11,12)2-4-15-8(17)6-5-14-3-1-7(6)16-13/h1,3,5H,2,4,13H2,(H,14,16)(H,15,17). The maximum atomic E-state index is 11.9. The molecule has 8 heteroatoms. The zero-order chi connectivity index (χ0) is 12.9. The number of amides is 1. The van der Waals surface area contributed by atoms with E-state index in [1.807, 2.05) is 0 Å². The lowest BCUT2D eigenvalue weighted by Gasteiger charge is -2.10. The first-order valence-corrected chi connectivity index (χ1v) is 4.69. The van der Waals surface area contributed by atoms with Crippen LogP contribution in [0.15, 0.2) is 18.5 Å². The molecule has 1 aromatic rings. The van der Waals surface area contributed by atoms with E-state index in [1.54, 1.807) is 0 Å². The van der Waals surface area contributed by atoms with Gasteiger partial charge in [-0.3, -0.25) is 15.6 Å². The van der Waals surface area contributed by atoms with Gasteiger partial charge in [-0.25, -0.2) is 0 Å². The second-order valence-corrected chi connectivity index (χ2v) is 3.19. The fraction of sp³-hybridized carbons (Fsp3) is 0.333. The van der Waals surface area contributed by atoms with E-state index >= 15 is 0 Å². The van der Waals surface area contributed by atoms with E-state index in [4.69, 9.17) is 5.84 Å². The zero-order valence-corrected chi connectivity index (χ0v) is 8.71. The first-order valence-electron chi connectivity index (χ1n) is 4.69. The first-order chi connectivity index (χ1) is 7.94. The van der Waals surface area contributed by atoms with E-state index in [0.29, 0.717) is 5.69 Å². The predicted molar refractivity (Wildman–Crippen MR) is 55.1 cm³/mol. The van der Waals surface area contributed by atoms with Crippen molar-refractivity contribution in [3.63, 3.8) is 0 Å². The van der Waals surface area contributed by atoms with Crippen LogP contribution in [0.3, 0.4) is 0 Å². The summed E-state index contributed by atoms with van der Waals surface area (Å²) in [6.45, 7) is -0.485. The third-order valence-corrected chi connectivity index (χ3v) is 1.92. The van der Waals surface area contributed by atoms with E-state index in [0.717, 1.165) is 0 Å². The Morgan fingerprint density at radius 3 is 2.76 bits per heavy atom. The zero-order valence-electron chi connectivity index (χ0n) is 8.71. The lowest BCUT2D eigenvalue weighted by Crippen LogP contribution is -2.29. The average molecular weight is 248 g/mol. The number of halogens is 3. The predicted octanol–water partition coefficient (Wildman–Crippen LogP) is 1.05. The molecule has 94 valence electrons. The molecule has 4 N–H and O–H groups in total. The van der Waals surface area contributed by atoms with Gasteiger partial charge in [-0.15, -0.1) is 0 Å². The van der Waals surface area contributed by atoms with Crippen LogP contribution in [0.4, 0.5) is 18.9 Å². The number of nitrogen functional groups attached to an aromatic ring is 1. The molecule has 5 nitrogen and oxygen atoms in total. The number of carbonyl (C=O) groups is 1. The number of rotatable bonds is 4. The number of hydrogen-bond donors (Lipinski definition) is 3. The van der Waals surface area contributed by atoms with Crippen LogP contribution < -0.4 is 16.6 Å². The lowest BCUT2D eigenvalue weighted by molar-refractivity contribution is -0.132. The highest BCUT2D eigenvalue weighted by Crippen LogP contribution is 2.18. The molecule has 0 spiro atoms. The van der Waals surface area contributed by atoms with Crippen molar-refractivity contribution in [2.75, 3.05) is 12.0 Å². The maximum Gasteiger partial charge on any atom is 0.390 e. The Hall–Kier alpha value is -1.83. The second kappa shape index (κ2) is 5.48. The maximum absolute atomic E-state index is 11.9. The Kier molecular flexibility index (Phi) is 4.27. The molecule has 1 amide bonds. The third kappa shape index (κ3) is 4.27. The van der Waals surface area contributed by atoms with Crippen molar-refractivity contribution in [2.45, 2.75) is 12.6 Å². The molecule has 0 radical (unpaired) electrons. The summed E-state index contributed by atoms with van der Waals surface area (Å²) in [5.74, 6) is 4.49. The van der Waals surface area contributed by atoms with Crippen LogP contribution in [0.1, 0.15) is 16.8 Å². The van der Waals surface area contributed by atoms with Crippen molar-refractivity contribution in [1.82, 2.24) is 10.3 Å². The molecule has 0 aliphatic heterocycles. The van der Waals surface area contributed by atoms with Crippen LogP contribution in [0.5, 0.6) is 0 Å². The smallest absolute Gasteiger partial charge is 0.352 e. The molecule has 0 aromatic carbocycles. The van der Waals surface area contributed by atoms with Gasteiger partial charge in [0.2, 0.25) is 0 Å². The number of alkyl halides is 3. The van der Waals surface area contributed by atoms with E-state index in [1.165, 1.54) is 18.5 Å². The lowest BCUT2D eigenvalue weighted by atomic mass is 10.2. The summed E-state index contributed by atoms with van der Waals surface area (Å²) in [7, 11) is 0. The number of carbonyl (C=O) groups excluding carboxylic acids is 1. The van der Waals surface area contributed by atoms with Gasteiger partial charge in [0.25, 0.3) is 5.91 Å². The SMILES string of the molecule is NNc1ccncc1C(=O)NCCC(F)(F)F. The van der Waals surface area contributed by atoms with E-state index in [-0.39, 0.29) is 5.56 Å². The normalized spacial score (nSPS) is 11.1. The van der Waals surface area contributed by atoms with Crippen molar-refractivity contribution in [1.29, 1.82) is 0 Å². The Morgan fingerprint density at radius 1 is 1.47 bits per heavy atom. The number of nitrogens with one attached hydrogen (secondary N) is 2. The summed E-state index contributed by atoms with van der Waals surface area (Å²) < 4.78 is 35.6. The molecule has 1 aromatic heterocycles. The monoisotopic (exact) mass is 248 g/mol. The van der Waals surface area contributed by atoms with E-state index in [2.05, 4.69) is 15.7 Å². The molecule has 0 saturated carbocycles. The van der Waals surface area contributed by atoms with Crippen molar-refractivity contribution < 1.29 is 18.0 Å². The average Bonchev–Trinajstić information content (AvgIpc) is 2.27. The van der Waals surface area contributed by atoms with Crippen LogP contribution >= 0.6 is 0 Å². The summed E-state index contributed by atoms with van der Waals surface area (Å²) in [6.07, 6.45) is -2.75. The quantitative estimate of drug-likeness (QED) is 0.549. The number of nitrogens with two attached hydrogens (primary N) is 1. The highest BCUT2D eigenvalue weighted by molar-refractivity contribution is 5.99. The minimum absolute atomic E-state index is 0.0946. The van der Waals surface area contributed by atoms with Crippen molar-refractivity contribution in [3.05, 3.63) is 24.0 Å². The van der Waals surface area contributed by atoms with Gasteiger partial charge in [0.05, 0.1) is 17.7 Å². The van der Waals surface area contributed by atoms with Crippen LogP contribution in [0.2, 0.25) is 0 Å². The van der Waals surface area contributed by atoms with E-state index in [9.17, 15) is 18.0 Å². The molecule has 0 atom stereocenters. The molecule has 0 aliphatic carbocycles. The Labute approximate surface area is 95.2 Å². The number of pyridine rings is 1. The first kappa shape index (κ1) is 13.2. The molecule has 0 saturated heterocycles. The highest BCUT2D eigenvalue weighted by atomic mass is 19.4. The molecule has 0 fully saturated rings. The van der Waals surface area contributed by atoms with Crippen molar-refractivity contribution in [2.24, 2.45) is 5.84 Å². The number of nitrogens with zero attached hydrogens (tertiary/aromatic N) is 1. The van der Waals surface area contributed by atoms with Gasteiger partial charge in [0, 0.05) is 18.9 Å². The summed E-state index contributed by atoms with van der Waals surface area (Å²) in [5, 5.41) is 2.14. The van der Waals surface area contributed by atoms with Gasteiger partial charge >= 0.3 is 6.18 Å². The van der Waals surface area contributed by atoms with Gasteiger partial charge in [-0.1, -0.05) is 0 Å². The topological polar surface area (TPSA) is 80.0 Å². The highest BCUT2D eigenvalue weighted by Gasteiger charge is 2.26. The fourth-order valence-corrected chi connectivity index (χ4v) is 1.11. The molecular formula is C9H11F3N4O. The van der Waals surface area contributed by atoms with Crippen LogP contribution in [0.25, 0.3) is 0 Å². The number of hydrazine groups is 1. The van der Waals surface area contributed by atoms with Crippen molar-refractivity contribution in [3.8, 4) is 0 Å². The Balaban J connectivity index is 2.58. The summed E-state index contributed by atoms with van der Waals surface area (Å²) in [4.78, 5) is 15.2. The van der Waals surface area contributed by atoms with Gasteiger partial charge in [0.1, 0.15) is 0 Å². The molecular weight excluding hydrogens is 237 g/mol. The molecule has 1 rings (SSSR count). The molecule has 17 heavy (non-hydrogen) atoms. The Bertz CT molecular complexity index is 394. The fourth-order valence-electron chi connectivity index (χ4n) is 1.11. The van der Waals surface area contributed by atoms with Crippen LogP contribution in [-0.2, 0) is 0 Å². The summed E-state index contributed by atoms with van der Waals surface area (Å²) in [5.41, 5.74) is 2.65. The van der Waals surface area contributed by atoms with Crippen LogP contribution in [-0.4, -0.2) is 23.6 Å². The summed E-state index contributed by atoms with van der Waals surface area (Å²) in [6, 6.07) is 1.44. The Morgan fingerprint density at radius 2 is 2.18 bits per heavy atom. The molecule has 0 aliphatic rings. The van der Waals surface area contributed by atoms with Gasteiger partial charge in [-0.05, 0) is 6.07 Å².